The summed E-state index contributed by atoms with van der Waals surface area (Å²) in [7, 11) is 3.29. The Labute approximate surface area is 181 Å². The maximum absolute atomic E-state index is 12.3. The fourth-order valence-corrected chi connectivity index (χ4v) is 4.00. The summed E-state index contributed by atoms with van der Waals surface area (Å²) in [5.41, 5.74) is 0.796. The molecule has 0 aromatic heterocycles. The zero-order valence-corrected chi connectivity index (χ0v) is 18.5. The third-order valence-electron chi connectivity index (χ3n) is 3.90. The molecule has 8 heteroatoms. The molecule has 1 aliphatic heterocycles. The van der Waals surface area contributed by atoms with Crippen LogP contribution in [0.25, 0.3) is 6.08 Å². The van der Waals surface area contributed by atoms with Crippen molar-refractivity contribution in [2.75, 3.05) is 27.4 Å². The van der Waals surface area contributed by atoms with E-state index in [0.717, 1.165) is 15.8 Å². The zero-order chi connectivity index (χ0) is 20.1. The number of hydrogen-bond acceptors (Lipinski definition) is 6. The highest BCUT2D eigenvalue weighted by atomic mass is 79.9. The van der Waals surface area contributed by atoms with E-state index in [4.69, 9.17) is 26.4 Å². The molecule has 0 radical (unpaired) electrons. The number of halogens is 1. The van der Waals surface area contributed by atoms with Gasteiger partial charge in [-0.25, -0.2) is 0 Å². The lowest BCUT2D eigenvalue weighted by Gasteiger charge is -2.12. The first kappa shape index (κ1) is 20.7. The van der Waals surface area contributed by atoms with Crippen molar-refractivity contribution in [1.29, 1.82) is 0 Å². The van der Waals surface area contributed by atoms with Crippen molar-refractivity contribution in [3.05, 3.63) is 57.4 Å². The Bertz CT molecular complexity index is 932. The van der Waals surface area contributed by atoms with E-state index in [2.05, 4.69) is 15.9 Å². The molecule has 1 fully saturated rings. The van der Waals surface area contributed by atoms with Crippen LogP contribution in [0.1, 0.15) is 5.56 Å². The van der Waals surface area contributed by atoms with Gasteiger partial charge in [-0.1, -0.05) is 46.0 Å². The normalized spacial score (nSPS) is 15.2. The van der Waals surface area contributed by atoms with E-state index in [-0.39, 0.29) is 5.91 Å². The summed E-state index contributed by atoms with van der Waals surface area (Å²) in [5, 5.41) is 0. The van der Waals surface area contributed by atoms with Gasteiger partial charge in [0, 0.05) is 23.2 Å². The smallest absolute Gasteiger partial charge is 0.265 e. The molecule has 0 atom stereocenters. The molecule has 0 saturated carbocycles. The van der Waals surface area contributed by atoms with E-state index in [9.17, 15) is 4.79 Å². The predicted octanol–water partition coefficient (Wildman–Crippen LogP) is 4.75. The maximum atomic E-state index is 12.3. The number of ether oxygens (including phenoxy) is 3. The molecule has 1 heterocycles. The number of rotatable bonds is 7. The summed E-state index contributed by atoms with van der Waals surface area (Å²) in [4.78, 5) is 14.3. The number of carbonyl (C=O) groups is 1. The van der Waals surface area contributed by atoms with Gasteiger partial charge in [-0.2, -0.15) is 0 Å². The molecule has 5 nitrogen and oxygen atoms in total. The highest BCUT2D eigenvalue weighted by Gasteiger charge is 2.28. The number of nitrogens with zero attached hydrogens (tertiary/aromatic N) is 1. The Kier molecular flexibility index (Phi) is 6.98. The SMILES string of the molecule is COc1cccc(OCCOc2ccc(Br)cc2C=C2SC(=S)N(C)C2=O)c1. The van der Waals surface area contributed by atoms with Crippen molar-refractivity contribution >= 4 is 56.2 Å². The number of hydrogen-bond donors (Lipinski definition) is 0. The second-order valence-electron chi connectivity index (χ2n) is 5.80. The lowest BCUT2D eigenvalue weighted by molar-refractivity contribution is -0.121. The van der Waals surface area contributed by atoms with Crippen LogP contribution in [0.4, 0.5) is 0 Å². The zero-order valence-electron chi connectivity index (χ0n) is 15.3. The number of thiocarbonyl (C=S) groups is 1. The van der Waals surface area contributed by atoms with Crippen molar-refractivity contribution in [1.82, 2.24) is 4.90 Å². The third-order valence-corrected chi connectivity index (χ3v) is 5.87. The van der Waals surface area contributed by atoms with Gasteiger partial charge in [0.1, 0.15) is 34.8 Å². The molecule has 146 valence electrons. The first-order valence-electron chi connectivity index (χ1n) is 8.38. The van der Waals surface area contributed by atoms with Gasteiger partial charge in [0.05, 0.1) is 12.0 Å². The van der Waals surface area contributed by atoms with Crippen LogP contribution in [0, 0.1) is 0 Å². The van der Waals surface area contributed by atoms with Crippen LogP contribution < -0.4 is 14.2 Å². The molecule has 0 aliphatic carbocycles. The van der Waals surface area contributed by atoms with Gasteiger partial charge < -0.3 is 14.2 Å². The first-order chi connectivity index (χ1) is 13.5. The van der Waals surface area contributed by atoms with Gasteiger partial charge in [-0.15, -0.1) is 0 Å². The summed E-state index contributed by atoms with van der Waals surface area (Å²) in [6.45, 7) is 0.730. The van der Waals surface area contributed by atoms with E-state index in [1.54, 1.807) is 20.2 Å². The molecule has 2 aromatic rings. The summed E-state index contributed by atoms with van der Waals surface area (Å²) >= 11 is 9.93. The van der Waals surface area contributed by atoms with Crippen LogP contribution in [0.3, 0.4) is 0 Å². The maximum Gasteiger partial charge on any atom is 0.265 e. The number of likely N-dealkylation sites (N-methyl/N-ethyl adjacent to an activating group) is 1. The van der Waals surface area contributed by atoms with Crippen LogP contribution in [-0.4, -0.2) is 42.5 Å². The molecule has 0 spiro atoms. The largest absolute Gasteiger partial charge is 0.497 e. The quantitative estimate of drug-likeness (QED) is 0.324. The van der Waals surface area contributed by atoms with Crippen molar-refractivity contribution in [2.24, 2.45) is 0 Å². The van der Waals surface area contributed by atoms with Gasteiger partial charge in [-0.3, -0.25) is 9.69 Å². The van der Waals surface area contributed by atoms with Gasteiger partial charge >= 0.3 is 0 Å². The lowest BCUT2D eigenvalue weighted by atomic mass is 10.2. The number of thioether (sulfide) groups is 1. The van der Waals surface area contributed by atoms with E-state index in [1.165, 1.54) is 16.7 Å². The number of carbonyl (C=O) groups excluding carboxylic acids is 1. The molecule has 2 aromatic carbocycles. The van der Waals surface area contributed by atoms with Crippen molar-refractivity contribution in [2.45, 2.75) is 0 Å². The monoisotopic (exact) mass is 479 g/mol. The predicted molar refractivity (Wildman–Crippen MR) is 119 cm³/mol. The summed E-state index contributed by atoms with van der Waals surface area (Å²) in [5.74, 6) is 2.01. The van der Waals surface area contributed by atoms with Crippen LogP contribution in [0.2, 0.25) is 0 Å². The van der Waals surface area contributed by atoms with E-state index < -0.39 is 0 Å². The Morgan fingerprint density at radius 1 is 1.14 bits per heavy atom. The molecule has 1 amide bonds. The molecule has 0 unspecified atom stereocenters. The summed E-state index contributed by atoms with van der Waals surface area (Å²) in [6, 6.07) is 13.1. The van der Waals surface area contributed by atoms with E-state index >= 15 is 0 Å². The molecule has 0 bridgehead atoms. The van der Waals surface area contributed by atoms with Gasteiger partial charge in [0.2, 0.25) is 0 Å². The van der Waals surface area contributed by atoms with Crippen LogP contribution in [0.15, 0.2) is 51.8 Å². The van der Waals surface area contributed by atoms with Crippen molar-refractivity contribution < 1.29 is 19.0 Å². The van der Waals surface area contributed by atoms with Gasteiger partial charge in [0.25, 0.3) is 5.91 Å². The van der Waals surface area contributed by atoms with E-state index in [0.29, 0.717) is 33.9 Å². The minimum atomic E-state index is -0.109. The van der Waals surface area contributed by atoms with Crippen LogP contribution in [-0.2, 0) is 4.79 Å². The number of amides is 1. The second-order valence-corrected chi connectivity index (χ2v) is 8.39. The second kappa shape index (κ2) is 9.45. The fourth-order valence-electron chi connectivity index (χ4n) is 2.45. The third kappa shape index (κ3) is 5.06. The Hall–Kier alpha value is -2.03. The van der Waals surface area contributed by atoms with Gasteiger partial charge in [-0.05, 0) is 36.4 Å². The summed E-state index contributed by atoms with van der Waals surface area (Å²) < 4.78 is 18.2. The molecule has 1 saturated heterocycles. The fraction of sp³-hybridized carbons (Fsp3) is 0.200. The molecule has 3 rings (SSSR count). The Morgan fingerprint density at radius 3 is 2.61 bits per heavy atom. The highest BCUT2D eigenvalue weighted by molar-refractivity contribution is 9.10. The number of methoxy groups -OCH3 is 1. The summed E-state index contributed by atoms with van der Waals surface area (Å²) in [6.07, 6.45) is 1.80. The molecule has 1 aliphatic rings. The molecule has 0 N–H and O–H groups in total. The minimum absolute atomic E-state index is 0.109. The average molecular weight is 480 g/mol. The standard InChI is InChI=1S/C20H18BrNO4S2/c1-22-19(23)18(28-20(22)27)11-13-10-14(21)6-7-17(13)26-9-8-25-16-5-3-4-15(12-16)24-2/h3-7,10-12H,8-9H2,1-2H3. The minimum Gasteiger partial charge on any atom is -0.497 e. The van der Waals surface area contributed by atoms with Crippen LogP contribution >= 0.6 is 39.9 Å². The van der Waals surface area contributed by atoms with Crippen LogP contribution in [0.5, 0.6) is 17.2 Å². The Morgan fingerprint density at radius 2 is 1.89 bits per heavy atom. The molecular formula is C20H18BrNO4S2. The molecule has 28 heavy (non-hydrogen) atoms. The number of benzene rings is 2. The van der Waals surface area contributed by atoms with Crippen molar-refractivity contribution in [3.8, 4) is 17.2 Å². The van der Waals surface area contributed by atoms with Gasteiger partial charge in [0.15, 0.2) is 0 Å². The van der Waals surface area contributed by atoms with E-state index in [1.807, 2.05) is 42.5 Å². The first-order valence-corrected chi connectivity index (χ1v) is 10.4. The topological polar surface area (TPSA) is 48.0 Å². The molecular weight excluding hydrogens is 462 g/mol. The average Bonchev–Trinajstić information content (AvgIpc) is 2.93. The highest BCUT2D eigenvalue weighted by Crippen LogP contribution is 2.34. The van der Waals surface area contributed by atoms with Crippen molar-refractivity contribution in [3.63, 3.8) is 0 Å². The Balaban J connectivity index is 1.66. The lowest BCUT2D eigenvalue weighted by Crippen LogP contribution is -2.22.